The zero-order valence-corrected chi connectivity index (χ0v) is 19.0. The molecule has 1 rings (SSSR count). The molecule has 2 amide bonds. The maximum Gasteiger partial charge on any atom is 0.327 e. The second-order valence-electron chi connectivity index (χ2n) is 7.05. The van der Waals surface area contributed by atoms with Crippen LogP contribution in [0.1, 0.15) is 31.4 Å². The van der Waals surface area contributed by atoms with Gasteiger partial charge in [0.25, 0.3) is 0 Å². The molecule has 9 nitrogen and oxygen atoms in total. The van der Waals surface area contributed by atoms with E-state index in [1.807, 2.05) is 39.0 Å². The van der Waals surface area contributed by atoms with Gasteiger partial charge >= 0.3 is 11.9 Å². The molecule has 1 aromatic rings. The number of hydrogen-bond donors (Lipinski definition) is 3. The standard InChI is InChI=1S/C21H30N2O7S/c1-5-15-8-6-7-13(2)20(15)23(14(3)10-30-4)18(25)12-31-11-16(21(28)29)22-17(24)9-19(26)27/h6-8,14,16H,5,9-12H2,1-4H3,(H,22,24)(H,26,27)(H,28,29)/t14-,16-/m0/s1. The van der Waals surface area contributed by atoms with Crippen LogP contribution in [0, 0.1) is 6.92 Å². The number of nitrogens with one attached hydrogen (secondary N) is 1. The molecular formula is C21H30N2O7S. The summed E-state index contributed by atoms with van der Waals surface area (Å²) in [6.07, 6.45) is -0.0763. The lowest BCUT2D eigenvalue weighted by molar-refractivity contribution is -0.144. The highest BCUT2D eigenvalue weighted by Gasteiger charge is 2.27. The van der Waals surface area contributed by atoms with Crippen molar-refractivity contribution >= 4 is 41.2 Å². The predicted molar refractivity (Wildman–Crippen MR) is 119 cm³/mol. The van der Waals surface area contributed by atoms with Crippen molar-refractivity contribution in [3.63, 3.8) is 0 Å². The first-order chi connectivity index (χ1) is 14.6. The fraction of sp³-hybridized carbons (Fsp3) is 0.524. The summed E-state index contributed by atoms with van der Waals surface area (Å²) in [5, 5.41) is 20.1. The highest BCUT2D eigenvalue weighted by molar-refractivity contribution is 8.00. The van der Waals surface area contributed by atoms with E-state index in [1.165, 1.54) is 0 Å². The quantitative estimate of drug-likeness (QED) is 0.384. The number of aliphatic carboxylic acids is 2. The van der Waals surface area contributed by atoms with E-state index in [0.717, 1.165) is 35.0 Å². The van der Waals surface area contributed by atoms with Crippen LogP contribution < -0.4 is 10.2 Å². The third-order valence-electron chi connectivity index (χ3n) is 4.52. The lowest BCUT2D eigenvalue weighted by Crippen LogP contribution is -2.45. The Morgan fingerprint density at radius 1 is 1.23 bits per heavy atom. The maximum absolute atomic E-state index is 13.1. The Morgan fingerprint density at radius 2 is 1.90 bits per heavy atom. The van der Waals surface area contributed by atoms with E-state index in [1.54, 1.807) is 12.0 Å². The molecule has 10 heteroatoms. The topological polar surface area (TPSA) is 133 Å². The summed E-state index contributed by atoms with van der Waals surface area (Å²) >= 11 is 1.06. The van der Waals surface area contributed by atoms with Crippen LogP contribution >= 0.6 is 11.8 Å². The number of aryl methyl sites for hydroxylation is 2. The van der Waals surface area contributed by atoms with Crippen molar-refractivity contribution in [2.24, 2.45) is 0 Å². The third-order valence-corrected chi connectivity index (χ3v) is 5.54. The number of nitrogens with zero attached hydrogens (tertiary/aromatic N) is 1. The minimum Gasteiger partial charge on any atom is -0.481 e. The Bertz CT molecular complexity index is 800. The van der Waals surface area contributed by atoms with Crippen LogP contribution in [0.2, 0.25) is 0 Å². The largest absolute Gasteiger partial charge is 0.481 e. The van der Waals surface area contributed by atoms with E-state index >= 15 is 0 Å². The molecule has 2 atom stereocenters. The molecule has 31 heavy (non-hydrogen) atoms. The summed E-state index contributed by atoms with van der Waals surface area (Å²) in [5.74, 6) is -3.83. The third kappa shape index (κ3) is 8.22. The molecule has 0 aromatic heterocycles. The van der Waals surface area contributed by atoms with E-state index in [4.69, 9.17) is 9.84 Å². The first-order valence-electron chi connectivity index (χ1n) is 9.83. The highest BCUT2D eigenvalue weighted by Crippen LogP contribution is 2.28. The van der Waals surface area contributed by atoms with E-state index < -0.39 is 30.3 Å². The van der Waals surface area contributed by atoms with Crippen molar-refractivity contribution in [2.75, 3.05) is 30.1 Å². The van der Waals surface area contributed by atoms with Crippen LogP contribution in [0.5, 0.6) is 0 Å². The van der Waals surface area contributed by atoms with Crippen LogP contribution in [0.4, 0.5) is 5.69 Å². The molecule has 0 spiro atoms. The summed E-state index contributed by atoms with van der Waals surface area (Å²) in [5.41, 5.74) is 2.79. The van der Waals surface area contributed by atoms with Gasteiger partial charge in [0.1, 0.15) is 12.5 Å². The fourth-order valence-electron chi connectivity index (χ4n) is 3.15. The Kier molecular flexibility index (Phi) is 11.1. The van der Waals surface area contributed by atoms with Crippen molar-refractivity contribution in [1.29, 1.82) is 0 Å². The number of carboxylic acid groups (broad SMARTS) is 2. The molecule has 0 saturated heterocycles. The molecule has 0 aliphatic heterocycles. The number of rotatable bonds is 13. The molecule has 0 aliphatic carbocycles. The van der Waals surface area contributed by atoms with Crippen molar-refractivity contribution < 1.29 is 34.1 Å². The summed E-state index contributed by atoms with van der Waals surface area (Å²) in [6, 6.07) is 4.30. The van der Waals surface area contributed by atoms with Gasteiger partial charge in [0.15, 0.2) is 0 Å². The number of carboxylic acids is 2. The molecule has 0 saturated carbocycles. The lowest BCUT2D eigenvalue weighted by Gasteiger charge is -2.32. The van der Waals surface area contributed by atoms with Gasteiger partial charge in [-0.1, -0.05) is 25.1 Å². The SMILES string of the molecule is CCc1cccc(C)c1N(C(=O)CSC[C@H](NC(=O)CC(=O)O)C(=O)O)[C@@H](C)COC. The van der Waals surface area contributed by atoms with Crippen LogP contribution in [-0.4, -0.2) is 71.3 Å². The minimum atomic E-state index is -1.35. The van der Waals surface area contributed by atoms with Gasteiger partial charge in [0, 0.05) is 12.9 Å². The number of hydrogen-bond acceptors (Lipinski definition) is 6. The van der Waals surface area contributed by atoms with Crippen molar-refractivity contribution in [3.8, 4) is 0 Å². The minimum absolute atomic E-state index is 0.00980. The molecule has 0 bridgehead atoms. The Hall–Kier alpha value is -2.59. The van der Waals surface area contributed by atoms with Gasteiger partial charge in [-0.15, -0.1) is 11.8 Å². The van der Waals surface area contributed by atoms with Gasteiger partial charge in [0.05, 0.1) is 24.1 Å². The monoisotopic (exact) mass is 454 g/mol. The van der Waals surface area contributed by atoms with E-state index in [2.05, 4.69) is 5.32 Å². The Balaban J connectivity index is 2.94. The Labute approximate surface area is 186 Å². The van der Waals surface area contributed by atoms with Crippen LogP contribution in [0.15, 0.2) is 18.2 Å². The predicted octanol–water partition coefficient (Wildman–Crippen LogP) is 1.70. The number of amides is 2. The van der Waals surface area contributed by atoms with Gasteiger partial charge in [-0.3, -0.25) is 14.4 Å². The number of benzene rings is 1. The van der Waals surface area contributed by atoms with Crippen LogP contribution in [0.3, 0.4) is 0 Å². The fourth-order valence-corrected chi connectivity index (χ4v) is 4.04. The number of carbonyl (C=O) groups excluding carboxylic acids is 2. The molecule has 3 N–H and O–H groups in total. The first kappa shape index (κ1) is 26.4. The zero-order valence-electron chi connectivity index (χ0n) is 18.2. The van der Waals surface area contributed by atoms with E-state index in [0.29, 0.717) is 6.61 Å². The average Bonchev–Trinajstić information content (AvgIpc) is 2.68. The summed E-state index contributed by atoms with van der Waals surface area (Å²) in [7, 11) is 1.56. The molecule has 0 aliphatic rings. The van der Waals surface area contributed by atoms with Gasteiger partial charge in [-0.05, 0) is 31.4 Å². The summed E-state index contributed by atoms with van der Waals surface area (Å²) in [6.45, 7) is 6.15. The van der Waals surface area contributed by atoms with Gasteiger partial charge in [-0.25, -0.2) is 4.79 Å². The average molecular weight is 455 g/mol. The van der Waals surface area contributed by atoms with Crippen molar-refractivity contribution in [2.45, 2.75) is 45.7 Å². The zero-order chi connectivity index (χ0) is 23.6. The number of carbonyl (C=O) groups is 4. The Morgan fingerprint density at radius 3 is 2.45 bits per heavy atom. The summed E-state index contributed by atoms with van der Waals surface area (Å²) in [4.78, 5) is 48.4. The molecule has 0 unspecified atom stereocenters. The number of thioether (sulfide) groups is 1. The smallest absolute Gasteiger partial charge is 0.327 e. The van der Waals surface area contributed by atoms with Crippen LogP contribution in [-0.2, 0) is 30.3 Å². The molecule has 0 fully saturated rings. The molecule has 0 radical (unpaired) electrons. The van der Waals surface area contributed by atoms with Gasteiger partial charge < -0.3 is 25.2 Å². The lowest BCUT2D eigenvalue weighted by atomic mass is 10.0. The molecule has 0 heterocycles. The molecule has 1 aromatic carbocycles. The van der Waals surface area contributed by atoms with Gasteiger partial charge in [0.2, 0.25) is 11.8 Å². The van der Waals surface area contributed by atoms with Crippen molar-refractivity contribution in [3.05, 3.63) is 29.3 Å². The molecule has 172 valence electrons. The van der Waals surface area contributed by atoms with Crippen molar-refractivity contribution in [1.82, 2.24) is 5.32 Å². The van der Waals surface area contributed by atoms with Crippen LogP contribution in [0.25, 0.3) is 0 Å². The second-order valence-corrected chi connectivity index (χ2v) is 8.08. The molecular weight excluding hydrogens is 424 g/mol. The number of para-hydroxylation sites is 1. The first-order valence-corrected chi connectivity index (χ1v) is 11.0. The maximum atomic E-state index is 13.1. The number of anilines is 1. The summed E-state index contributed by atoms with van der Waals surface area (Å²) < 4.78 is 5.25. The van der Waals surface area contributed by atoms with E-state index in [-0.39, 0.29) is 23.5 Å². The second kappa shape index (κ2) is 13.0. The van der Waals surface area contributed by atoms with E-state index in [9.17, 15) is 24.3 Å². The number of methoxy groups -OCH3 is 1. The van der Waals surface area contributed by atoms with Gasteiger partial charge in [-0.2, -0.15) is 0 Å². The number of ether oxygens (including phenoxy) is 1. The highest BCUT2D eigenvalue weighted by atomic mass is 32.2. The normalized spacial score (nSPS) is 12.6.